The molecule has 1 heterocycles. The zero-order valence-electron chi connectivity index (χ0n) is 8.10. The maximum atomic E-state index is 10.8. The highest BCUT2D eigenvalue weighted by Crippen LogP contribution is 2.24. The molecule has 1 aromatic heterocycles. The molecule has 1 rings (SSSR count). The molecule has 84 valence electrons. The third-order valence-electron chi connectivity index (χ3n) is 1.61. The van der Waals surface area contributed by atoms with E-state index in [4.69, 9.17) is 11.6 Å². The highest BCUT2D eigenvalue weighted by molar-refractivity contribution is 8.01. The number of hydrazine groups is 1. The molecule has 0 radical (unpaired) electrons. The van der Waals surface area contributed by atoms with E-state index >= 15 is 0 Å². The summed E-state index contributed by atoms with van der Waals surface area (Å²) in [6.45, 7) is 0. The van der Waals surface area contributed by atoms with Crippen molar-refractivity contribution in [3.05, 3.63) is 0 Å². The fourth-order valence-corrected chi connectivity index (χ4v) is 2.60. The Morgan fingerprint density at radius 3 is 2.87 bits per heavy atom. The minimum atomic E-state index is -0.125. The van der Waals surface area contributed by atoms with E-state index in [1.807, 2.05) is 0 Å². The summed E-state index contributed by atoms with van der Waals surface area (Å²) in [5.41, 5.74) is 7.53. The van der Waals surface area contributed by atoms with Gasteiger partial charge in [0.15, 0.2) is 4.34 Å². The lowest BCUT2D eigenvalue weighted by molar-refractivity contribution is -0.121. The largest absolute Gasteiger partial charge is 0.374 e. The maximum absolute atomic E-state index is 10.8. The number of nitrogens with two attached hydrogens (primary N) is 2. The van der Waals surface area contributed by atoms with Crippen molar-refractivity contribution in [3.63, 3.8) is 0 Å². The Morgan fingerprint density at radius 1 is 1.47 bits per heavy atom. The SMILES string of the molecule is NNC(=O)CCCCSc1nnc(N)s1. The van der Waals surface area contributed by atoms with Crippen LogP contribution in [0.25, 0.3) is 0 Å². The second kappa shape index (κ2) is 6.59. The van der Waals surface area contributed by atoms with Gasteiger partial charge in [-0.25, -0.2) is 5.84 Å². The summed E-state index contributed by atoms with van der Waals surface area (Å²) in [7, 11) is 0. The number of unbranched alkanes of at least 4 members (excludes halogenated alkanes) is 1. The predicted molar refractivity (Wildman–Crippen MR) is 61.2 cm³/mol. The number of hydrogen-bond acceptors (Lipinski definition) is 7. The quantitative estimate of drug-likeness (QED) is 0.220. The van der Waals surface area contributed by atoms with E-state index in [0.29, 0.717) is 11.6 Å². The smallest absolute Gasteiger partial charge is 0.233 e. The summed E-state index contributed by atoms with van der Waals surface area (Å²) in [5, 5.41) is 8.06. The topological polar surface area (TPSA) is 107 Å². The van der Waals surface area contributed by atoms with Crippen LogP contribution in [-0.2, 0) is 4.79 Å². The third-order valence-corrected chi connectivity index (χ3v) is 3.58. The van der Waals surface area contributed by atoms with Crippen molar-refractivity contribution < 1.29 is 4.79 Å². The summed E-state index contributed by atoms with van der Waals surface area (Å²) in [5.74, 6) is 5.73. The lowest BCUT2D eigenvalue weighted by Gasteiger charge is -1.98. The van der Waals surface area contributed by atoms with E-state index < -0.39 is 0 Å². The lowest BCUT2D eigenvalue weighted by atomic mass is 10.2. The third kappa shape index (κ3) is 4.96. The number of nitrogens with zero attached hydrogens (tertiary/aromatic N) is 2. The molecular weight excluding hydrogens is 234 g/mol. The molecule has 0 saturated carbocycles. The minimum Gasteiger partial charge on any atom is -0.374 e. The molecular formula is C7H13N5OS2. The van der Waals surface area contributed by atoms with Gasteiger partial charge in [-0.05, 0) is 12.8 Å². The fraction of sp³-hybridized carbons (Fsp3) is 0.571. The molecule has 0 aromatic carbocycles. The number of carbonyl (C=O) groups excluding carboxylic acids is 1. The maximum Gasteiger partial charge on any atom is 0.233 e. The molecule has 0 bridgehead atoms. The molecule has 15 heavy (non-hydrogen) atoms. The second-order valence-corrected chi connectivity index (χ2v) is 5.13. The van der Waals surface area contributed by atoms with Crippen molar-refractivity contribution in [1.82, 2.24) is 15.6 Å². The van der Waals surface area contributed by atoms with Gasteiger partial charge in [-0.2, -0.15) is 0 Å². The van der Waals surface area contributed by atoms with Crippen LogP contribution in [-0.4, -0.2) is 21.9 Å². The van der Waals surface area contributed by atoms with Gasteiger partial charge in [0.2, 0.25) is 11.0 Å². The molecule has 0 saturated heterocycles. The Balaban J connectivity index is 2.05. The molecule has 1 amide bonds. The highest BCUT2D eigenvalue weighted by atomic mass is 32.2. The van der Waals surface area contributed by atoms with Crippen molar-refractivity contribution in [2.75, 3.05) is 11.5 Å². The molecule has 8 heteroatoms. The Kier molecular flexibility index (Phi) is 5.37. The Morgan fingerprint density at radius 2 is 2.27 bits per heavy atom. The van der Waals surface area contributed by atoms with Crippen molar-refractivity contribution >= 4 is 34.1 Å². The Bertz CT molecular complexity index is 316. The highest BCUT2D eigenvalue weighted by Gasteiger charge is 2.02. The Hall–Kier alpha value is -0.860. The van der Waals surface area contributed by atoms with Crippen LogP contribution in [0, 0.1) is 0 Å². The number of anilines is 1. The number of aromatic nitrogens is 2. The van der Waals surface area contributed by atoms with Crippen molar-refractivity contribution in [2.45, 2.75) is 23.6 Å². The molecule has 6 nitrogen and oxygen atoms in total. The average Bonchev–Trinajstić information content (AvgIpc) is 2.63. The van der Waals surface area contributed by atoms with E-state index in [1.165, 1.54) is 11.3 Å². The number of rotatable bonds is 6. The van der Waals surface area contributed by atoms with Crippen LogP contribution in [0.4, 0.5) is 5.13 Å². The van der Waals surface area contributed by atoms with Crippen molar-refractivity contribution in [2.24, 2.45) is 5.84 Å². The van der Waals surface area contributed by atoms with Gasteiger partial charge in [-0.3, -0.25) is 10.2 Å². The zero-order chi connectivity index (χ0) is 11.1. The van der Waals surface area contributed by atoms with Crippen LogP contribution in [0.2, 0.25) is 0 Å². The first-order valence-electron chi connectivity index (χ1n) is 4.43. The van der Waals surface area contributed by atoms with Gasteiger partial charge in [0.25, 0.3) is 0 Å². The molecule has 0 aliphatic rings. The van der Waals surface area contributed by atoms with Crippen LogP contribution >= 0.6 is 23.1 Å². The predicted octanol–water partition coefficient (Wildman–Crippen LogP) is 0.373. The molecule has 5 N–H and O–H groups in total. The van der Waals surface area contributed by atoms with Gasteiger partial charge >= 0.3 is 0 Å². The molecule has 0 fully saturated rings. The normalized spacial score (nSPS) is 10.2. The van der Waals surface area contributed by atoms with Gasteiger partial charge in [-0.15, -0.1) is 10.2 Å². The number of nitrogen functional groups attached to an aromatic ring is 1. The summed E-state index contributed by atoms with van der Waals surface area (Å²) < 4.78 is 0.871. The van der Waals surface area contributed by atoms with Crippen LogP contribution in [0.5, 0.6) is 0 Å². The van der Waals surface area contributed by atoms with Crippen LogP contribution in [0.1, 0.15) is 19.3 Å². The van der Waals surface area contributed by atoms with Crippen LogP contribution in [0.3, 0.4) is 0 Å². The average molecular weight is 247 g/mol. The van der Waals surface area contributed by atoms with Gasteiger partial charge in [0.1, 0.15) is 0 Å². The van der Waals surface area contributed by atoms with E-state index in [2.05, 4.69) is 15.6 Å². The Labute approximate surface area is 95.8 Å². The summed E-state index contributed by atoms with van der Waals surface area (Å²) in [4.78, 5) is 10.8. The van der Waals surface area contributed by atoms with E-state index in [9.17, 15) is 4.79 Å². The van der Waals surface area contributed by atoms with Crippen molar-refractivity contribution in [1.29, 1.82) is 0 Å². The number of nitrogens with one attached hydrogen (secondary N) is 1. The van der Waals surface area contributed by atoms with Crippen molar-refractivity contribution in [3.8, 4) is 0 Å². The first-order chi connectivity index (χ1) is 7.22. The molecule has 0 unspecified atom stereocenters. The number of carbonyl (C=O) groups is 1. The second-order valence-electron chi connectivity index (χ2n) is 2.78. The van der Waals surface area contributed by atoms with E-state index in [1.54, 1.807) is 11.8 Å². The summed E-state index contributed by atoms with van der Waals surface area (Å²) in [6, 6.07) is 0. The number of thioether (sulfide) groups is 1. The summed E-state index contributed by atoms with van der Waals surface area (Å²) in [6.07, 6.45) is 2.23. The molecule has 1 aromatic rings. The van der Waals surface area contributed by atoms with Gasteiger partial charge in [0.05, 0.1) is 0 Å². The monoisotopic (exact) mass is 247 g/mol. The number of hydrogen-bond donors (Lipinski definition) is 3. The minimum absolute atomic E-state index is 0.125. The van der Waals surface area contributed by atoms with Gasteiger partial charge < -0.3 is 5.73 Å². The first-order valence-corrected chi connectivity index (χ1v) is 6.24. The van der Waals surface area contributed by atoms with Crippen LogP contribution < -0.4 is 17.0 Å². The zero-order valence-corrected chi connectivity index (χ0v) is 9.74. The van der Waals surface area contributed by atoms with Gasteiger partial charge in [0, 0.05) is 12.2 Å². The van der Waals surface area contributed by atoms with Gasteiger partial charge in [-0.1, -0.05) is 23.1 Å². The molecule has 0 aliphatic carbocycles. The van der Waals surface area contributed by atoms with Crippen LogP contribution in [0.15, 0.2) is 4.34 Å². The van der Waals surface area contributed by atoms with E-state index in [0.717, 1.165) is 22.9 Å². The summed E-state index contributed by atoms with van der Waals surface area (Å²) >= 11 is 2.98. The standard InChI is InChI=1S/C7H13N5OS2/c8-6-11-12-7(15-6)14-4-2-1-3-5(13)10-9/h1-4,9H2,(H2,8,11)(H,10,13). The lowest BCUT2D eigenvalue weighted by Crippen LogP contribution is -2.29. The number of amides is 1. The van der Waals surface area contributed by atoms with E-state index in [-0.39, 0.29) is 5.91 Å². The molecule has 0 aliphatic heterocycles. The molecule has 0 atom stereocenters. The fourth-order valence-electron chi connectivity index (χ4n) is 0.898. The first kappa shape index (κ1) is 12.2. The molecule has 0 spiro atoms.